The zero-order valence-corrected chi connectivity index (χ0v) is 15.3. The molecule has 0 saturated carbocycles. The molecule has 1 unspecified atom stereocenters. The summed E-state index contributed by atoms with van der Waals surface area (Å²) in [7, 11) is 1.61. The van der Waals surface area contributed by atoms with E-state index < -0.39 is 6.04 Å². The molecule has 1 saturated heterocycles. The summed E-state index contributed by atoms with van der Waals surface area (Å²) in [4.78, 5) is 26.5. The number of nitrogens with one attached hydrogen (secondary N) is 1. The van der Waals surface area contributed by atoms with Crippen molar-refractivity contribution in [3.8, 4) is 5.75 Å². The topological polar surface area (TPSA) is 58.6 Å². The summed E-state index contributed by atoms with van der Waals surface area (Å²) in [5, 5.41) is 3.52. The van der Waals surface area contributed by atoms with Crippen LogP contribution in [0.1, 0.15) is 24.0 Å². The largest absolute Gasteiger partial charge is 0.497 e. The quantitative estimate of drug-likeness (QED) is 0.847. The van der Waals surface area contributed by atoms with Gasteiger partial charge in [-0.3, -0.25) is 9.59 Å². The SMILES string of the molecule is COc1cccc(CNC(=O)C2CCC(=O)N2Cc2ccccc2Cl)c1. The summed E-state index contributed by atoms with van der Waals surface area (Å²) in [6.07, 6.45) is 0.898. The number of halogens is 1. The lowest BCUT2D eigenvalue weighted by atomic mass is 10.1. The molecule has 0 bridgehead atoms. The number of benzene rings is 2. The van der Waals surface area contributed by atoms with Crippen LogP contribution in [0.2, 0.25) is 5.02 Å². The van der Waals surface area contributed by atoms with Gasteiger partial charge in [-0.25, -0.2) is 0 Å². The van der Waals surface area contributed by atoms with E-state index in [0.29, 0.717) is 31.0 Å². The molecule has 1 heterocycles. The monoisotopic (exact) mass is 372 g/mol. The van der Waals surface area contributed by atoms with E-state index in [1.807, 2.05) is 42.5 Å². The molecule has 1 aliphatic rings. The molecular formula is C20H21ClN2O3. The van der Waals surface area contributed by atoms with Crippen LogP contribution in [0, 0.1) is 0 Å². The van der Waals surface area contributed by atoms with Gasteiger partial charge >= 0.3 is 0 Å². The third-order valence-electron chi connectivity index (χ3n) is 4.53. The zero-order valence-electron chi connectivity index (χ0n) is 14.6. The molecular weight excluding hydrogens is 352 g/mol. The Kier molecular flexibility index (Phi) is 5.78. The summed E-state index contributed by atoms with van der Waals surface area (Å²) in [6, 6.07) is 14.4. The molecule has 1 N–H and O–H groups in total. The zero-order chi connectivity index (χ0) is 18.5. The molecule has 0 spiro atoms. The molecule has 3 rings (SSSR count). The van der Waals surface area contributed by atoms with Gasteiger partial charge in [0.2, 0.25) is 11.8 Å². The number of rotatable bonds is 6. The summed E-state index contributed by atoms with van der Waals surface area (Å²) in [6.45, 7) is 0.733. The molecule has 1 atom stereocenters. The van der Waals surface area contributed by atoms with Gasteiger partial charge in [-0.05, 0) is 35.7 Å². The lowest BCUT2D eigenvalue weighted by Crippen LogP contribution is -2.44. The first kappa shape index (κ1) is 18.3. The average Bonchev–Trinajstić information content (AvgIpc) is 3.02. The van der Waals surface area contributed by atoms with Crippen molar-refractivity contribution in [1.29, 1.82) is 0 Å². The van der Waals surface area contributed by atoms with E-state index in [1.54, 1.807) is 18.1 Å². The fraction of sp³-hybridized carbons (Fsp3) is 0.300. The van der Waals surface area contributed by atoms with Crippen molar-refractivity contribution >= 4 is 23.4 Å². The fourth-order valence-corrected chi connectivity index (χ4v) is 3.30. The average molecular weight is 373 g/mol. The first-order valence-corrected chi connectivity index (χ1v) is 8.90. The second kappa shape index (κ2) is 8.23. The Balaban J connectivity index is 1.65. The van der Waals surface area contributed by atoms with E-state index in [4.69, 9.17) is 16.3 Å². The minimum atomic E-state index is -0.468. The Labute approximate surface area is 157 Å². The number of ether oxygens (including phenoxy) is 1. The van der Waals surface area contributed by atoms with Crippen molar-refractivity contribution in [2.24, 2.45) is 0 Å². The second-order valence-electron chi connectivity index (χ2n) is 6.24. The maximum absolute atomic E-state index is 12.6. The molecule has 2 aromatic carbocycles. The van der Waals surface area contributed by atoms with E-state index in [2.05, 4.69) is 5.32 Å². The molecule has 0 radical (unpaired) electrons. The van der Waals surface area contributed by atoms with Gasteiger partial charge in [0.05, 0.1) is 7.11 Å². The summed E-state index contributed by atoms with van der Waals surface area (Å²) < 4.78 is 5.19. The second-order valence-corrected chi connectivity index (χ2v) is 6.64. The number of nitrogens with zero attached hydrogens (tertiary/aromatic N) is 1. The molecule has 136 valence electrons. The van der Waals surface area contributed by atoms with Crippen LogP contribution in [0.3, 0.4) is 0 Å². The van der Waals surface area contributed by atoms with E-state index in [1.165, 1.54) is 0 Å². The highest BCUT2D eigenvalue weighted by Crippen LogP contribution is 2.25. The van der Waals surface area contributed by atoms with Crippen LogP contribution < -0.4 is 10.1 Å². The Hall–Kier alpha value is -2.53. The molecule has 6 heteroatoms. The highest BCUT2D eigenvalue weighted by Gasteiger charge is 2.36. The van der Waals surface area contributed by atoms with Crippen molar-refractivity contribution in [2.75, 3.05) is 7.11 Å². The smallest absolute Gasteiger partial charge is 0.243 e. The standard InChI is InChI=1S/C20H21ClN2O3/c1-26-16-7-4-5-14(11-16)12-22-20(25)18-9-10-19(24)23(18)13-15-6-2-3-8-17(15)21/h2-8,11,18H,9-10,12-13H2,1H3,(H,22,25). The van der Waals surface area contributed by atoms with E-state index in [9.17, 15) is 9.59 Å². The van der Waals surface area contributed by atoms with E-state index in [0.717, 1.165) is 16.9 Å². The predicted molar refractivity (Wildman–Crippen MR) is 99.9 cm³/mol. The van der Waals surface area contributed by atoms with Gasteiger partial charge in [-0.15, -0.1) is 0 Å². The van der Waals surface area contributed by atoms with Crippen molar-refractivity contribution in [2.45, 2.75) is 32.0 Å². The predicted octanol–water partition coefficient (Wildman–Crippen LogP) is 3.16. The van der Waals surface area contributed by atoms with Crippen LogP contribution >= 0.6 is 11.6 Å². The van der Waals surface area contributed by atoms with Gasteiger partial charge < -0.3 is 15.0 Å². The maximum atomic E-state index is 12.6. The van der Waals surface area contributed by atoms with Crippen LogP contribution in [0.15, 0.2) is 48.5 Å². The molecule has 2 aromatic rings. The Morgan fingerprint density at radius 2 is 2.08 bits per heavy atom. The number of hydrogen-bond donors (Lipinski definition) is 1. The van der Waals surface area contributed by atoms with Crippen molar-refractivity contribution in [3.63, 3.8) is 0 Å². The normalized spacial score (nSPS) is 16.6. The molecule has 2 amide bonds. The Morgan fingerprint density at radius 3 is 2.85 bits per heavy atom. The molecule has 1 aliphatic heterocycles. The molecule has 0 aromatic heterocycles. The molecule has 1 fully saturated rings. The molecule has 26 heavy (non-hydrogen) atoms. The fourth-order valence-electron chi connectivity index (χ4n) is 3.10. The van der Waals surface area contributed by atoms with Crippen LogP contribution in [0.4, 0.5) is 0 Å². The summed E-state index contributed by atoms with van der Waals surface area (Å²) >= 11 is 6.20. The number of carbonyl (C=O) groups excluding carboxylic acids is 2. The van der Waals surface area contributed by atoms with Crippen molar-refractivity contribution in [3.05, 3.63) is 64.7 Å². The first-order chi connectivity index (χ1) is 12.6. The van der Waals surface area contributed by atoms with Crippen molar-refractivity contribution < 1.29 is 14.3 Å². The highest BCUT2D eigenvalue weighted by molar-refractivity contribution is 6.31. The number of carbonyl (C=O) groups is 2. The Bertz CT molecular complexity index is 809. The van der Waals surface area contributed by atoms with Crippen LogP contribution in [0.5, 0.6) is 5.75 Å². The van der Waals surface area contributed by atoms with Gasteiger partial charge in [-0.1, -0.05) is 41.9 Å². The number of methoxy groups -OCH3 is 1. The first-order valence-electron chi connectivity index (χ1n) is 8.52. The van der Waals surface area contributed by atoms with Gasteiger partial charge in [0.15, 0.2) is 0 Å². The van der Waals surface area contributed by atoms with Crippen LogP contribution in [-0.2, 0) is 22.7 Å². The summed E-state index contributed by atoms with van der Waals surface area (Å²) in [5.41, 5.74) is 1.79. The Morgan fingerprint density at radius 1 is 1.27 bits per heavy atom. The van der Waals surface area contributed by atoms with E-state index >= 15 is 0 Å². The van der Waals surface area contributed by atoms with Gasteiger partial charge in [0.1, 0.15) is 11.8 Å². The maximum Gasteiger partial charge on any atom is 0.243 e. The summed E-state index contributed by atoms with van der Waals surface area (Å²) in [5.74, 6) is 0.574. The minimum absolute atomic E-state index is 0.0218. The lowest BCUT2D eigenvalue weighted by molar-refractivity contribution is -0.135. The number of likely N-dealkylation sites (tertiary alicyclic amines) is 1. The van der Waals surface area contributed by atoms with E-state index in [-0.39, 0.29) is 11.8 Å². The van der Waals surface area contributed by atoms with Crippen LogP contribution in [0.25, 0.3) is 0 Å². The lowest BCUT2D eigenvalue weighted by Gasteiger charge is -2.24. The van der Waals surface area contributed by atoms with Gasteiger partial charge in [0, 0.05) is 24.5 Å². The van der Waals surface area contributed by atoms with Crippen LogP contribution in [-0.4, -0.2) is 29.9 Å². The molecule has 0 aliphatic carbocycles. The van der Waals surface area contributed by atoms with Gasteiger partial charge in [0.25, 0.3) is 0 Å². The number of hydrogen-bond acceptors (Lipinski definition) is 3. The third-order valence-corrected chi connectivity index (χ3v) is 4.90. The minimum Gasteiger partial charge on any atom is -0.497 e. The van der Waals surface area contributed by atoms with Crippen molar-refractivity contribution in [1.82, 2.24) is 10.2 Å². The highest BCUT2D eigenvalue weighted by atomic mass is 35.5. The number of amides is 2. The third kappa shape index (κ3) is 4.17. The van der Waals surface area contributed by atoms with Gasteiger partial charge in [-0.2, -0.15) is 0 Å². The molecule has 5 nitrogen and oxygen atoms in total.